The number of hydrogen-bond donors (Lipinski definition) is 2. The zero-order valence-electron chi connectivity index (χ0n) is 10.8. The second-order valence-corrected chi connectivity index (χ2v) is 3.81. The molecule has 0 saturated carbocycles. The van der Waals surface area contributed by atoms with Crippen LogP contribution < -0.4 is 20.3 Å². The number of hydrogen-bond acceptors (Lipinski definition) is 5. The van der Waals surface area contributed by atoms with Crippen LogP contribution in [0.1, 0.15) is 5.56 Å². The summed E-state index contributed by atoms with van der Waals surface area (Å²) in [5.41, 5.74) is 0.590. The van der Waals surface area contributed by atoms with Crippen LogP contribution in [0, 0.1) is 0 Å². The molecule has 0 radical (unpaired) electrons. The monoisotopic (exact) mass is 261 g/mol. The van der Waals surface area contributed by atoms with Crippen molar-refractivity contribution >= 4 is 0 Å². The van der Waals surface area contributed by atoms with Gasteiger partial charge in [-0.1, -0.05) is 18.2 Å². The minimum absolute atomic E-state index is 0.0572. The molecule has 0 aliphatic heterocycles. The third-order valence-electron chi connectivity index (χ3n) is 2.53. The molecule has 0 saturated heterocycles. The maximum Gasteiger partial charge on any atom is 0.297 e. The highest BCUT2D eigenvalue weighted by atomic mass is 16.5. The summed E-state index contributed by atoms with van der Waals surface area (Å²) in [5, 5.41) is 3.05. The summed E-state index contributed by atoms with van der Waals surface area (Å²) in [5.74, 6) is 0.838. The number of para-hydroxylation sites is 1. The van der Waals surface area contributed by atoms with Gasteiger partial charge in [0.15, 0.2) is 0 Å². The van der Waals surface area contributed by atoms with E-state index in [1.165, 1.54) is 13.4 Å². The standard InChI is InChI=1S/C13H15N3O3/c1-14-7-9-5-3-4-6-10(9)19-13-11(18-2)12(17)15-8-16-13/h3-6,8,14H,7H2,1-2H3,(H,15,16,17). The number of methoxy groups -OCH3 is 1. The lowest BCUT2D eigenvalue weighted by Crippen LogP contribution is -2.12. The Morgan fingerprint density at radius 2 is 2.16 bits per heavy atom. The Hall–Kier alpha value is -2.34. The van der Waals surface area contributed by atoms with Crippen molar-refractivity contribution in [3.8, 4) is 17.4 Å². The molecule has 1 heterocycles. The molecule has 0 fully saturated rings. The smallest absolute Gasteiger partial charge is 0.297 e. The number of H-pyrrole nitrogens is 1. The summed E-state index contributed by atoms with van der Waals surface area (Å²) in [7, 11) is 3.25. The minimum atomic E-state index is -0.376. The van der Waals surface area contributed by atoms with E-state index in [-0.39, 0.29) is 17.2 Å². The topological polar surface area (TPSA) is 76.2 Å². The molecule has 6 heteroatoms. The fraction of sp³-hybridized carbons (Fsp3) is 0.231. The van der Waals surface area contributed by atoms with Gasteiger partial charge in [-0.15, -0.1) is 0 Å². The fourth-order valence-corrected chi connectivity index (χ4v) is 1.67. The number of benzene rings is 1. The molecule has 0 atom stereocenters. The van der Waals surface area contributed by atoms with Gasteiger partial charge in [-0.2, -0.15) is 0 Å². The number of aromatic amines is 1. The van der Waals surface area contributed by atoms with Crippen LogP contribution in [-0.2, 0) is 6.54 Å². The summed E-state index contributed by atoms with van der Waals surface area (Å²) >= 11 is 0. The number of rotatable bonds is 5. The summed E-state index contributed by atoms with van der Waals surface area (Å²) in [6.07, 6.45) is 1.28. The minimum Gasteiger partial charge on any atom is -0.487 e. The Kier molecular flexibility index (Phi) is 4.15. The maximum absolute atomic E-state index is 11.6. The van der Waals surface area contributed by atoms with Crippen LogP contribution in [0.2, 0.25) is 0 Å². The van der Waals surface area contributed by atoms with E-state index in [4.69, 9.17) is 9.47 Å². The Bertz CT molecular complexity index is 610. The SMILES string of the molecule is CNCc1ccccc1Oc1nc[nH]c(=O)c1OC. The molecule has 1 aromatic carbocycles. The quantitative estimate of drug-likeness (QED) is 0.848. The van der Waals surface area contributed by atoms with E-state index < -0.39 is 0 Å². The molecule has 0 aliphatic carbocycles. The third kappa shape index (κ3) is 2.92. The molecular formula is C13H15N3O3. The zero-order valence-corrected chi connectivity index (χ0v) is 10.8. The van der Waals surface area contributed by atoms with E-state index in [1.807, 2.05) is 31.3 Å². The molecule has 2 rings (SSSR count). The molecule has 0 bridgehead atoms. The highest BCUT2D eigenvalue weighted by molar-refractivity contribution is 5.39. The predicted molar refractivity (Wildman–Crippen MR) is 70.7 cm³/mol. The van der Waals surface area contributed by atoms with Crippen molar-refractivity contribution in [1.29, 1.82) is 0 Å². The van der Waals surface area contributed by atoms with Gasteiger partial charge in [-0.3, -0.25) is 4.79 Å². The Balaban J connectivity index is 2.36. The van der Waals surface area contributed by atoms with Crippen LogP contribution in [-0.4, -0.2) is 24.1 Å². The molecule has 2 N–H and O–H groups in total. The first-order chi connectivity index (χ1) is 9.26. The zero-order chi connectivity index (χ0) is 13.7. The van der Waals surface area contributed by atoms with Crippen LogP contribution in [0.3, 0.4) is 0 Å². The van der Waals surface area contributed by atoms with Crippen LogP contribution in [0.15, 0.2) is 35.4 Å². The van der Waals surface area contributed by atoms with Crippen LogP contribution in [0.25, 0.3) is 0 Å². The number of nitrogens with zero attached hydrogens (tertiary/aromatic N) is 1. The first-order valence-electron chi connectivity index (χ1n) is 5.78. The Labute approximate surface area is 110 Å². The average molecular weight is 261 g/mol. The molecule has 6 nitrogen and oxygen atoms in total. The van der Waals surface area contributed by atoms with E-state index >= 15 is 0 Å². The largest absolute Gasteiger partial charge is 0.487 e. The molecule has 100 valence electrons. The lowest BCUT2D eigenvalue weighted by Gasteiger charge is -2.11. The summed E-state index contributed by atoms with van der Waals surface area (Å²) in [6.45, 7) is 0.654. The molecule has 0 unspecified atom stereocenters. The molecule has 0 amide bonds. The van der Waals surface area contributed by atoms with Crippen LogP contribution >= 0.6 is 0 Å². The van der Waals surface area contributed by atoms with E-state index in [2.05, 4.69) is 15.3 Å². The molecule has 19 heavy (non-hydrogen) atoms. The Morgan fingerprint density at radius 3 is 2.89 bits per heavy atom. The van der Waals surface area contributed by atoms with Gasteiger partial charge >= 0.3 is 0 Å². The molecule has 2 aromatic rings. The van der Waals surface area contributed by atoms with Crippen molar-refractivity contribution in [3.63, 3.8) is 0 Å². The third-order valence-corrected chi connectivity index (χ3v) is 2.53. The first kappa shape index (κ1) is 13.1. The fourth-order valence-electron chi connectivity index (χ4n) is 1.67. The highest BCUT2D eigenvalue weighted by Crippen LogP contribution is 2.27. The lowest BCUT2D eigenvalue weighted by molar-refractivity contribution is 0.361. The van der Waals surface area contributed by atoms with Crippen molar-refractivity contribution in [3.05, 3.63) is 46.5 Å². The summed E-state index contributed by atoms with van der Waals surface area (Å²) in [4.78, 5) is 18.0. The van der Waals surface area contributed by atoms with Gasteiger partial charge < -0.3 is 19.8 Å². The van der Waals surface area contributed by atoms with Gasteiger partial charge in [0.2, 0.25) is 5.75 Å². The van der Waals surface area contributed by atoms with Crippen molar-refractivity contribution in [2.24, 2.45) is 0 Å². The second-order valence-electron chi connectivity index (χ2n) is 3.81. The van der Waals surface area contributed by atoms with Crippen molar-refractivity contribution < 1.29 is 9.47 Å². The van der Waals surface area contributed by atoms with E-state index in [0.29, 0.717) is 12.3 Å². The molecule has 0 spiro atoms. The van der Waals surface area contributed by atoms with Gasteiger partial charge in [0.05, 0.1) is 13.4 Å². The molecule has 0 aliphatic rings. The predicted octanol–water partition coefficient (Wildman–Crippen LogP) is 1.29. The molecule has 1 aromatic heterocycles. The first-order valence-corrected chi connectivity index (χ1v) is 5.78. The normalized spacial score (nSPS) is 10.2. The van der Waals surface area contributed by atoms with Crippen molar-refractivity contribution in [2.75, 3.05) is 14.2 Å². The highest BCUT2D eigenvalue weighted by Gasteiger charge is 2.12. The summed E-state index contributed by atoms with van der Waals surface area (Å²) < 4.78 is 10.7. The number of nitrogens with one attached hydrogen (secondary N) is 2. The second kappa shape index (κ2) is 6.01. The van der Waals surface area contributed by atoms with Crippen molar-refractivity contribution in [2.45, 2.75) is 6.54 Å². The van der Waals surface area contributed by atoms with E-state index in [1.54, 1.807) is 0 Å². The average Bonchev–Trinajstić information content (AvgIpc) is 2.41. The van der Waals surface area contributed by atoms with E-state index in [0.717, 1.165) is 5.56 Å². The van der Waals surface area contributed by atoms with Crippen molar-refractivity contribution in [1.82, 2.24) is 15.3 Å². The van der Waals surface area contributed by atoms with Crippen LogP contribution in [0.5, 0.6) is 17.4 Å². The van der Waals surface area contributed by atoms with E-state index in [9.17, 15) is 4.79 Å². The number of aromatic nitrogens is 2. The summed E-state index contributed by atoms with van der Waals surface area (Å²) in [6, 6.07) is 7.52. The number of ether oxygens (including phenoxy) is 2. The molecular weight excluding hydrogens is 246 g/mol. The lowest BCUT2D eigenvalue weighted by atomic mass is 10.2. The maximum atomic E-state index is 11.6. The van der Waals surface area contributed by atoms with Gasteiger partial charge in [0.25, 0.3) is 11.4 Å². The van der Waals surface area contributed by atoms with Gasteiger partial charge in [0, 0.05) is 12.1 Å². The van der Waals surface area contributed by atoms with Gasteiger partial charge in [-0.25, -0.2) is 4.98 Å². The van der Waals surface area contributed by atoms with Crippen LogP contribution in [0.4, 0.5) is 0 Å². The van der Waals surface area contributed by atoms with Gasteiger partial charge in [-0.05, 0) is 13.1 Å². The Morgan fingerprint density at radius 1 is 1.37 bits per heavy atom. The van der Waals surface area contributed by atoms with Gasteiger partial charge in [0.1, 0.15) is 5.75 Å².